The summed E-state index contributed by atoms with van der Waals surface area (Å²) in [4.78, 5) is 8.26. The Labute approximate surface area is 106 Å². The molecular formula is C14H17N3O. The molecule has 0 bridgehead atoms. The van der Waals surface area contributed by atoms with Crippen molar-refractivity contribution in [2.45, 2.75) is 25.2 Å². The molecule has 94 valence electrons. The van der Waals surface area contributed by atoms with Crippen LogP contribution in [0, 0.1) is 0 Å². The van der Waals surface area contributed by atoms with Gasteiger partial charge in [-0.05, 0) is 37.0 Å². The molecule has 2 aliphatic heterocycles. The SMILES string of the molecule is c1c2c(cc3[nH]c(C4CCOCC4)nc13)CCN2. The average molecular weight is 243 g/mol. The van der Waals surface area contributed by atoms with Crippen molar-refractivity contribution >= 4 is 16.7 Å². The normalized spacial score (nSPS) is 20.0. The fourth-order valence-electron chi connectivity index (χ4n) is 2.99. The van der Waals surface area contributed by atoms with Crippen molar-refractivity contribution in [1.29, 1.82) is 0 Å². The number of ether oxygens (including phenoxy) is 1. The maximum absolute atomic E-state index is 5.41. The van der Waals surface area contributed by atoms with Crippen LogP contribution in [0.2, 0.25) is 0 Å². The van der Waals surface area contributed by atoms with E-state index < -0.39 is 0 Å². The van der Waals surface area contributed by atoms with E-state index in [-0.39, 0.29) is 0 Å². The lowest BCUT2D eigenvalue weighted by Gasteiger charge is -2.19. The van der Waals surface area contributed by atoms with Crippen molar-refractivity contribution in [3.8, 4) is 0 Å². The second-order valence-corrected chi connectivity index (χ2v) is 5.21. The molecule has 1 fully saturated rings. The van der Waals surface area contributed by atoms with Crippen LogP contribution in [0.15, 0.2) is 12.1 Å². The second kappa shape index (κ2) is 3.99. The van der Waals surface area contributed by atoms with Crippen LogP contribution in [-0.2, 0) is 11.2 Å². The Morgan fingerprint density at radius 3 is 3.00 bits per heavy atom. The van der Waals surface area contributed by atoms with Crippen molar-refractivity contribution in [3.05, 3.63) is 23.5 Å². The Morgan fingerprint density at radius 1 is 1.22 bits per heavy atom. The van der Waals surface area contributed by atoms with Crippen molar-refractivity contribution < 1.29 is 4.74 Å². The van der Waals surface area contributed by atoms with Gasteiger partial charge in [-0.15, -0.1) is 0 Å². The van der Waals surface area contributed by atoms with E-state index in [0.717, 1.165) is 50.4 Å². The summed E-state index contributed by atoms with van der Waals surface area (Å²) >= 11 is 0. The van der Waals surface area contributed by atoms with Crippen LogP contribution < -0.4 is 5.32 Å². The van der Waals surface area contributed by atoms with Gasteiger partial charge in [-0.25, -0.2) is 4.98 Å². The minimum atomic E-state index is 0.536. The molecule has 2 aliphatic rings. The minimum absolute atomic E-state index is 0.536. The zero-order valence-corrected chi connectivity index (χ0v) is 10.3. The predicted molar refractivity (Wildman–Crippen MR) is 71.1 cm³/mol. The fraction of sp³-hybridized carbons (Fsp3) is 0.500. The summed E-state index contributed by atoms with van der Waals surface area (Å²) in [5.74, 6) is 1.67. The maximum atomic E-state index is 5.41. The van der Waals surface area contributed by atoms with Crippen LogP contribution in [0.3, 0.4) is 0 Å². The van der Waals surface area contributed by atoms with Crippen molar-refractivity contribution in [1.82, 2.24) is 9.97 Å². The molecule has 0 radical (unpaired) electrons. The van der Waals surface area contributed by atoms with Gasteiger partial charge in [-0.2, -0.15) is 0 Å². The van der Waals surface area contributed by atoms with E-state index in [1.807, 2.05) is 0 Å². The number of imidazole rings is 1. The molecule has 18 heavy (non-hydrogen) atoms. The molecule has 0 unspecified atom stereocenters. The maximum Gasteiger partial charge on any atom is 0.110 e. The first-order chi connectivity index (χ1) is 8.90. The van der Waals surface area contributed by atoms with Gasteiger partial charge >= 0.3 is 0 Å². The van der Waals surface area contributed by atoms with E-state index in [4.69, 9.17) is 9.72 Å². The largest absolute Gasteiger partial charge is 0.384 e. The number of nitrogens with zero attached hydrogens (tertiary/aromatic N) is 1. The molecule has 1 aromatic carbocycles. The van der Waals surface area contributed by atoms with Crippen LogP contribution in [0.4, 0.5) is 5.69 Å². The summed E-state index contributed by atoms with van der Waals surface area (Å²) in [6.07, 6.45) is 3.28. The number of aromatic amines is 1. The van der Waals surface area contributed by atoms with Gasteiger partial charge < -0.3 is 15.0 Å². The Kier molecular flexibility index (Phi) is 2.30. The predicted octanol–water partition coefficient (Wildman–Crippen LogP) is 2.42. The molecule has 1 saturated heterocycles. The first kappa shape index (κ1) is 10.4. The fourth-order valence-corrected chi connectivity index (χ4v) is 2.99. The van der Waals surface area contributed by atoms with Crippen LogP contribution in [0.5, 0.6) is 0 Å². The van der Waals surface area contributed by atoms with Crippen LogP contribution in [0.1, 0.15) is 30.1 Å². The van der Waals surface area contributed by atoms with Gasteiger partial charge in [0.1, 0.15) is 5.82 Å². The van der Waals surface area contributed by atoms with Crippen LogP contribution in [-0.4, -0.2) is 29.7 Å². The number of benzene rings is 1. The molecule has 3 heterocycles. The van der Waals surface area contributed by atoms with Crippen molar-refractivity contribution in [2.75, 3.05) is 25.1 Å². The number of aromatic nitrogens is 2. The molecule has 4 heteroatoms. The third-order valence-electron chi connectivity index (χ3n) is 4.04. The standard InChI is InChI=1S/C14H17N3O/c1-4-15-11-8-13-12(7-10(1)11)16-14(17-13)9-2-5-18-6-3-9/h7-9,15H,1-6H2,(H,16,17). The van der Waals surface area contributed by atoms with Gasteiger partial charge in [0.2, 0.25) is 0 Å². The number of hydrogen-bond donors (Lipinski definition) is 2. The van der Waals surface area contributed by atoms with Crippen LogP contribution >= 0.6 is 0 Å². The molecule has 2 aromatic rings. The van der Waals surface area contributed by atoms with E-state index >= 15 is 0 Å². The van der Waals surface area contributed by atoms with Gasteiger partial charge in [-0.1, -0.05) is 0 Å². The highest BCUT2D eigenvalue weighted by atomic mass is 16.5. The highest BCUT2D eigenvalue weighted by Gasteiger charge is 2.20. The third kappa shape index (κ3) is 1.60. The van der Waals surface area contributed by atoms with Crippen molar-refractivity contribution in [3.63, 3.8) is 0 Å². The first-order valence-corrected chi connectivity index (χ1v) is 6.74. The summed E-state index contributed by atoms with van der Waals surface area (Å²) in [6, 6.07) is 4.43. The lowest BCUT2D eigenvalue weighted by atomic mass is 10.00. The van der Waals surface area contributed by atoms with E-state index in [0.29, 0.717) is 5.92 Å². The summed E-state index contributed by atoms with van der Waals surface area (Å²) < 4.78 is 5.41. The zero-order valence-electron chi connectivity index (χ0n) is 10.3. The van der Waals surface area contributed by atoms with Gasteiger partial charge in [0.25, 0.3) is 0 Å². The van der Waals surface area contributed by atoms with E-state index in [9.17, 15) is 0 Å². The van der Waals surface area contributed by atoms with E-state index in [2.05, 4.69) is 22.4 Å². The third-order valence-corrected chi connectivity index (χ3v) is 4.04. The summed E-state index contributed by atoms with van der Waals surface area (Å²) in [5, 5.41) is 3.41. The Morgan fingerprint density at radius 2 is 2.11 bits per heavy atom. The smallest absolute Gasteiger partial charge is 0.110 e. The molecule has 0 spiro atoms. The highest BCUT2D eigenvalue weighted by Crippen LogP contribution is 2.30. The monoisotopic (exact) mass is 243 g/mol. The Bertz CT molecular complexity index is 543. The topological polar surface area (TPSA) is 49.9 Å². The molecule has 4 rings (SSSR count). The molecule has 2 N–H and O–H groups in total. The Balaban J connectivity index is 1.75. The minimum Gasteiger partial charge on any atom is -0.384 e. The summed E-state index contributed by atoms with van der Waals surface area (Å²) in [5.41, 5.74) is 4.93. The number of H-pyrrole nitrogens is 1. The molecule has 0 amide bonds. The molecule has 0 saturated carbocycles. The molecular weight excluding hydrogens is 226 g/mol. The van der Waals surface area contributed by atoms with Gasteiger partial charge in [0, 0.05) is 31.4 Å². The average Bonchev–Trinajstić information content (AvgIpc) is 3.01. The van der Waals surface area contributed by atoms with Crippen LogP contribution in [0.25, 0.3) is 11.0 Å². The summed E-state index contributed by atoms with van der Waals surface area (Å²) in [7, 11) is 0. The quantitative estimate of drug-likeness (QED) is 0.808. The molecule has 0 atom stereocenters. The number of fused-ring (bicyclic) bond motifs is 2. The van der Waals surface area contributed by atoms with Gasteiger partial charge in [0.15, 0.2) is 0 Å². The zero-order chi connectivity index (χ0) is 11.9. The van der Waals surface area contributed by atoms with Crippen molar-refractivity contribution in [2.24, 2.45) is 0 Å². The van der Waals surface area contributed by atoms with E-state index in [1.165, 1.54) is 16.8 Å². The first-order valence-electron chi connectivity index (χ1n) is 6.74. The summed E-state index contributed by atoms with van der Waals surface area (Å²) in [6.45, 7) is 2.77. The molecule has 4 nitrogen and oxygen atoms in total. The molecule has 1 aromatic heterocycles. The van der Waals surface area contributed by atoms with Gasteiger partial charge in [-0.3, -0.25) is 0 Å². The highest BCUT2D eigenvalue weighted by molar-refractivity contribution is 5.82. The lowest BCUT2D eigenvalue weighted by Crippen LogP contribution is -2.15. The number of rotatable bonds is 1. The van der Waals surface area contributed by atoms with Gasteiger partial charge in [0.05, 0.1) is 11.0 Å². The number of anilines is 1. The Hall–Kier alpha value is -1.55. The number of nitrogens with one attached hydrogen (secondary N) is 2. The molecule has 0 aliphatic carbocycles. The van der Waals surface area contributed by atoms with E-state index in [1.54, 1.807) is 0 Å². The lowest BCUT2D eigenvalue weighted by molar-refractivity contribution is 0.0838. The second-order valence-electron chi connectivity index (χ2n) is 5.21. The number of hydrogen-bond acceptors (Lipinski definition) is 3.